The zero-order valence-corrected chi connectivity index (χ0v) is 17.2. The minimum atomic E-state index is -3.49. The summed E-state index contributed by atoms with van der Waals surface area (Å²) in [6.45, 7) is 5.99. The molecule has 1 aliphatic rings. The van der Waals surface area contributed by atoms with E-state index in [1.54, 1.807) is 24.3 Å². The van der Waals surface area contributed by atoms with Gasteiger partial charge in [-0.3, -0.25) is 9.69 Å². The second kappa shape index (κ2) is 7.64. The van der Waals surface area contributed by atoms with Gasteiger partial charge in [0, 0.05) is 47.6 Å². The molecule has 3 rings (SSSR count). The van der Waals surface area contributed by atoms with E-state index >= 15 is 0 Å². The lowest BCUT2D eigenvalue weighted by Gasteiger charge is -2.33. The number of aromatic amines is 1. The van der Waals surface area contributed by atoms with Gasteiger partial charge in [0.15, 0.2) is 5.78 Å². The van der Waals surface area contributed by atoms with Crippen molar-refractivity contribution in [2.24, 2.45) is 0 Å². The van der Waals surface area contributed by atoms with E-state index in [1.807, 2.05) is 24.8 Å². The van der Waals surface area contributed by atoms with Crippen LogP contribution >= 0.6 is 15.9 Å². The summed E-state index contributed by atoms with van der Waals surface area (Å²) < 4.78 is 27.8. The molecule has 140 valence electrons. The smallest absolute Gasteiger partial charge is 0.243 e. The van der Waals surface area contributed by atoms with Crippen molar-refractivity contribution in [2.45, 2.75) is 18.7 Å². The molecule has 2 aromatic rings. The lowest BCUT2D eigenvalue weighted by atomic mass is 10.1. The Bertz CT molecular complexity index is 898. The number of hydrogen-bond acceptors (Lipinski definition) is 4. The Labute approximate surface area is 162 Å². The average Bonchev–Trinajstić information content (AvgIpc) is 2.94. The highest BCUT2D eigenvalue weighted by Gasteiger charge is 2.29. The van der Waals surface area contributed by atoms with E-state index in [1.165, 1.54) is 4.31 Å². The highest BCUT2D eigenvalue weighted by atomic mass is 79.9. The number of H-pyrrole nitrogens is 1. The van der Waals surface area contributed by atoms with Crippen molar-refractivity contribution in [1.29, 1.82) is 0 Å². The molecule has 1 aliphatic heterocycles. The number of carbonyl (C=O) groups excluding carboxylic acids is 1. The van der Waals surface area contributed by atoms with Gasteiger partial charge in [0.05, 0.1) is 11.4 Å². The van der Waals surface area contributed by atoms with Crippen LogP contribution in [0.2, 0.25) is 0 Å². The topological polar surface area (TPSA) is 73.5 Å². The monoisotopic (exact) mass is 439 g/mol. The van der Waals surface area contributed by atoms with Gasteiger partial charge in [-0.15, -0.1) is 0 Å². The molecule has 1 N–H and O–H groups in total. The second-order valence-corrected chi connectivity index (χ2v) is 9.40. The average molecular weight is 440 g/mol. The minimum Gasteiger partial charge on any atom is -0.362 e. The first kappa shape index (κ1) is 19.3. The third-order valence-electron chi connectivity index (χ3n) is 4.60. The molecule has 1 saturated heterocycles. The second-order valence-electron chi connectivity index (χ2n) is 6.55. The number of nitrogens with one attached hydrogen (secondary N) is 1. The van der Waals surface area contributed by atoms with E-state index in [2.05, 4.69) is 20.9 Å². The quantitative estimate of drug-likeness (QED) is 0.726. The highest BCUT2D eigenvalue weighted by molar-refractivity contribution is 9.10. The molecular formula is C18H22BrN3O3S. The van der Waals surface area contributed by atoms with Crippen LogP contribution in [-0.4, -0.2) is 61.1 Å². The van der Waals surface area contributed by atoms with Crippen molar-refractivity contribution >= 4 is 31.7 Å². The number of benzene rings is 1. The van der Waals surface area contributed by atoms with Gasteiger partial charge in [-0.05, 0) is 44.2 Å². The summed E-state index contributed by atoms with van der Waals surface area (Å²) in [4.78, 5) is 17.9. The molecule has 0 saturated carbocycles. The number of aryl methyl sites for hydroxylation is 2. The summed E-state index contributed by atoms with van der Waals surface area (Å²) >= 11 is 3.32. The number of hydrogen-bond donors (Lipinski definition) is 1. The maximum atomic E-state index is 12.7. The molecule has 6 nitrogen and oxygen atoms in total. The Morgan fingerprint density at radius 1 is 1.12 bits per heavy atom. The molecule has 0 atom stereocenters. The summed E-state index contributed by atoms with van der Waals surface area (Å²) in [6, 6.07) is 8.52. The van der Waals surface area contributed by atoms with Gasteiger partial charge < -0.3 is 4.98 Å². The molecule has 0 spiro atoms. The summed E-state index contributed by atoms with van der Waals surface area (Å²) in [5.74, 6) is 0.0658. The number of sulfonamides is 1. The normalized spacial score (nSPS) is 16.7. The minimum absolute atomic E-state index is 0.0658. The van der Waals surface area contributed by atoms with Crippen molar-refractivity contribution < 1.29 is 13.2 Å². The first-order valence-corrected chi connectivity index (χ1v) is 10.7. The van der Waals surface area contributed by atoms with Crippen LogP contribution in [0.3, 0.4) is 0 Å². The van der Waals surface area contributed by atoms with Crippen molar-refractivity contribution in [2.75, 3.05) is 32.7 Å². The Morgan fingerprint density at radius 2 is 1.73 bits per heavy atom. The lowest BCUT2D eigenvalue weighted by molar-refractivity contribution is 0.0901. The molecule has 0 aliphatic carbocycles. The summed E-state index contributed by atoms with van der Waals surface area (Å²) in [5.41, 5.74) is 2.56. The van der Waals surface area contributed by atoms with Crippen molar-refractivity contribution in [3.05, 3.63) is 51.8 Å². The molecule has 1 aromatic carbocycles. The largest absolute Gasteiger partial charge is 0.362 e. The highest BCUT2D eigenvalue weighted by Crippen LogP contribution is 2.20. The van der Waals surface area contributed by atoms with E-state index in [0.717, 1.165) is 15.9 Å². The molecule has 0 unspecified atom stereocenters. The predicted molar refractivity (Wildman–Crippen MR) is 104 cm³/mol. The fraction of sp³-hybridized carbons (Fsp3) is 0.389. The zero-order valence-electron chi connectivity index (χ0n) is 14.8. The van der Waals surface area contributed by atoms with Gasteiger partial charge in [-0.2, -0.15) is 4.31 Å². The molecule has 1 fully saturated rings. The number of aromatic nitrogens is 1. The Balaban J connectivity index is 1.61. The molecular weight excluding hydrogens is 418 g/mol. The third kappa shape index (κ3) is 4.09. The van der Waals surface area contributed by atoms with Gasteiger partial charge in [0.2, 0.25) is 10.0 Å². The zero-order chi connectivity index (χ0) is 18.9. The van der Waals surface area contributed by atoms with E-state index in [-0.39, 0.29) is 5.78 Å². The maximum Gasteiger partial charge on any atom is 0.243 e. The molecule has 2 heterocycles. The van der Waals surface area contributed by atoms with Gasteiger partial charge in [-0.1, -0.05) is 15.9 Å². The number of rotatable bonds is 5. The Morgan fingerprint density at radius 3 is 2.27 bits per heavy atom. The number of ketones is 1. The number of nitrogens with zero attached hydrogens (tertiary/aromatic N) is 2. The Kier molecular flexibility index (Phi) is 5.67. The van der Waals surface area contributed by atoms with Gasteiger partial charge in [0.25, 0.3) is 0 Å². The standard InChI is InChI=1S/C18H22BrN3O3S/c1-13-11-17(14(2)20-13)18(23)12-21-7-9-22(10-8-21)26(24,25)16-5-3-15(19)4-6-16/h3-6,11,20H,7-10,12H2,1-2H3. The lowest BCUT2D eigenvalue weighted by Crippen LogP contribution is -2.49. The molecule has 0 radical (unpaired) electrons. The van der Waals surface area contributed by atoms with Crippen LogP contribution in [0.5, 0.6) is 0 Å². The first-order chi connectivity index (χ1) is 12.3. The van der Waals surface area contributed by atoms with Crippen molar-refractivity contribution in [3.63, 3.8) is 0 Å². The molecule has 1 aromatic heterocycles. The van der Waals surface area contributed by atoms with Crippen molar-refractivity contribution in [1.82, 2.24) is 14.2 Å². The van der Waals surface area contributed by atoms with Crippen LogP contribution in [0.25, 0.3) is 0 Å². The molecule has 0 amide bonds. The number of piperazine rings is 1. The van der Waals surface area contributed by atoms with Crippen LogP contribution < -0.4 is 0 Å². The number of Topliss-reactive ketones (excluding diaryl/α,β-unsaturated/α-hetero) is 1. The Hall–Kier alpha value is -1.48. The molecule has 8 heteroatoms. The van der Waals surface area contributed by atoms with Crippen LogP contribution in [0, 0.1) is 13.8 Å². The summed E-state index contributed by atoms with van der Waals surface area (Å²) in [7, 11) is -3.49. The van der Waals surface area contributed by atoms with E-state index in [9.17, 15) is 13.2 Å². The molecule has 26 heavy (non-hydrogen) atoms. The van der Waals surface area contributed by atoms with Gasteiger partial charge >= 0.3 is 0 Å². The summed E-state index contributed by atoms with van der Waals surface area (Å²) in [6.07, 6.45) is 0. The fourth-order valence-corrected chi connectivity index (χ4v) is 4.87. The SMILES string of the molecule is Cc1cc(C(=O)CN2CCN(S(=O)(=O)c3ccc(Br)cc3)CC2)c(C)[nH]1. The molecule has 0 bridgehead atoms. The van der Waals surface area contributed by atoms with Gasteiger partial charge in [-0.25, -0.2) is 8.42 Å². The van der Waals surface area contributed by atoms with Crippen molar-refractivity contribution in [3.8, 4) is 0 Å². The summed E-state index contributed by atoms with van der Waals surface area (Å²) in [5, 5.41) is 0. The number of carbonyl (C=O) groups is 1. The fourth-order valence-electron chi connectivity index (χ4n) is 3.19. The van der Waals surface area contributed by atoms with E-state index < -0.39 is 10.0 Å². The van der Waals surface area contributed by atoms with Crippen LogP contribution in [0.4, 0.5) is 0 Å². The first-order valence-electron chi connectivity index (χ1n) is 8.45. The van der Waals surface area contributed by atoms with Crippen LogP contribution in [-0.2, 0) is 10.0 Å². The maximum absolute atomic E-state index is 12.7. The number of halogens is 1. The van der Waals surface area contributed by atoms with E-state index in [0.29, 0.717) is 43.2 Å². The van der Waals surface area contributed by atoms with Crippen LogP contribution in [0.1, 0.15) is 21.7 Å². The third-order valence-corrected chi connectivity index (χ3v) is 7.04. The van der Waals surface area contributed by atoms with E-state index in [4.69, 9.17) is 0 Å². The van der Waals surface area contributed by atoms with Crippen LogP contribution in [0.15, 0.2) is 39.7 Å². The van der Waals surface area contributed by atoms with Gasteiger partial charge in [0.1, 0.15) is 0 Å². The predicted octanol–water partition coefficient (Wildman–Crippen LogP) is 2.58.